The lowest BCUT2D eigenvalue weighted by Gasteiger charge is -2.26. The third-order valence-electron chi connectivity index (χ3n) is 3.63. The van der Waals surface area contributed by atoms with E-state index in [0.717, 1.165) is 0 Å². The summed E-state index contributed by atoms with van der Waals surface area (Å²) in [6.07, 6.45) is 0. The van der Waals surface area contributed by atoms with E-state index in [-0.39, 0.29) is 10.8 Å². The Hall–Kier alpha value is -1.56. The highest BCUT2D eigenvalue weighted by molar-refractivity contribution is 5.65. The van der Waals surface area contributed by atoms with Gasteiger partial charge in [-0.25, -0.2) is 0 Å². The predicted octanol–water partition coefficient (Wildman–Crippen LogP) is 5.75. The SMILES string of the molecule is CC(C)(C)c1[c]c(-c2ccccc2)cc(C(C)(C)C)c1. The van der Waals surface area contributed by atoms with E-state index in [1.54, 1.807) is 0 Å². The van der Waals surface area contributed by atoms with E-state index >= 15 is 0 Å². The van der Waals surface area contributed by atoms with Crippen LogP contribution < -0.4 is 0 Å². The smallest absolute Gasteiger partial charge is 0.00585 e. The number of hydrogen-bond donors (Lipinski definition) is 0. The van der Waals surface area contributed by atoms with Crippen LogP contribution >= 0.6 is 0 Å². The minimum absolute atomic E-state index is 0.116. The largest absolute Gasteiger partial charge is 0.0622 e. The molecule has 1 radical (unpaired) electrons. The molecular formula is C20H25. The van der Waals surface area contributed by atoms with Crippen LogP contribution in [0.4, 0.5) is 0 Å². The number of rotatable bonds is 1. The summed E-state index contributed by atoms with van der Waals surface area (Å²) in [5.74, 6) is 0. The topological polar surface area (TPSA) is 0 Å². The Morgan fingerprint density at radius 3 is 1.85 bits per heavy atom. The van der Waals surface area contributed by atoms with Crippen LogP contribution in [0.15, 0.2) is 42.5 Å². The molecule has 2 aromatic carbocycles. The molecule has 0 bridgehead atoms. The average Bonchev–Trinajstić information content (AvgIpc) is 2.37. The van der Waals surface area contributed by atoms with E-state index in [1.807, 2.05) is 0 Å². The van der Waals surface area contributed by atoms with E-state index in [4.69, 9.17) is 0 Å². The minimum Gasteiger partial charge on any atom is -0.0622 e. The predicted molar refractivity (Wildman–Crippen MR) is 88.1 cm³/mol. The summed E-state index contributed by atoms with van der Waals surface area (Å²) in [4.78, 5) is 0. The van der Waals surface area contributed by atoms with Crippen LogP contribution in [0.1, 0.15) is 52.7 Å². The molecule has 0 spiro atoms. The molecule has 0 fully saturated rings. The molecule has 2 rings (SSSR count). The van der Waals surface area contributed by atoms with Gasteiger partial charge in [-0.1, -0.05) is 77.9 Å². The highest BCUT2D eigenvalue weighted by atomic mass is 14.2. The van der Waals surface area contributed by atoms with E-state index in [1.165, 1.54) is 22.3 Å². The van der Waals surface area contributed by atoms with Crippen LogP contribution in [-0.2, 0) is 10.8 Å². The van der Waals surface area contributed by atoms with Crippen molar-refractivity contribution in [2.24, 2.45) is 0 Å². The Balaban J connectivity index is 2.64. The molecule has 2 aromatic rings. The van der Waals surface area contributed by atoms with Gasteiger partial charge in [-0.3, -0.25) is 0 Å². The van der Waals surface area contributed by atoms with Gasteiger partial charge in [0.15, 0.2) is 0 Å². The lowest BCUT2D eigenvalue weighted by atomic mass is 9.79. The van der Waals surface area contributed by atoms with Gasteiger partial charge in [0.2, 0.25) is 0 Å². The summed E-state index contributed by atoms with van der Waals surface area (Å²) < 4.78 is 0. The van der Waals surface area contributed by atoms with Crippen molar-refractivity contribution in [1.29, 1.82) is 0 Å². The Kier molecular flexibility index (Phi) is 3.77. The molecule has 0 unspecified atom stereocenters. The summed E-state index contributed by atoms with van der Waals surface area (Å²) in [6, 6.07) is 18.8. The summed E-state index contributed by atoms with van der Waals surface area (Å²) in [5, 5.41) is 0. The molecule has 0 saturated heterocycles. The molecule has 0 aliphatic rings. The molecule has 0 saturated carbocycles. The highest BCUT2D eigenvalue weighted by Crippen LogP contribution is 2.33. The fraction of sp³-hybridized carbons (Fsp3) is 0.400. The van der Waals surface area contributed by atoms with Crippen molar-refractivity contribution >= 4 is 0 Å². The van der Waals surface area contributed by atoms with Crippen molar-refractivity contribution in [3.63, 3.8) is 0 Å². The van der Waals surface area contributed by atoms with Crippen molar-refractivity contribution in [3.8, 4) is 11.1 Å². The van der Waals surface area contributed by atoms with Gasteiger partial charge in [0.05, 0.1) is 0 Å². The zero-order valence-corrected chi connectivity index (χ0v) is 13.5. The van der Waals surface area contributed by atoms with Gasteiger partial charge in [-0.15, -0.1) is 0 Å². The van der Waals surface area contributed by atoms with Gasteiger partial charge in [0, 0.05) is 0 Å². The summed E-state index contributed by atoms with van der Waals surface area (Å²) in [6.45, 7) is 13.6. The first-order valence-electron chi connectivity index (χ1n) is 7.32. The van der Waals surface area contributed by atoms with Crippen molar-refractivity contribution in [2.45, 2.75) is 52.4 Å². The molecule has 0 amide bonds. The zero-order chi connectivity index (χ0) is 15.0. The van der Waals surface area contributed by atoms with Gasteiger partial charge < -0.3 is 0 Å². The van der Waals surface area contributed by atoms with E-state index in [0.29, 0.717) is 0 Å². The Morgan fingerprint density at radius 2 is 1.35 bits per heavy atom. The fourth-order valence-electron chi connectivity index (χ4n) is 2.18. The third kappa shape index (κ3) is 3.30. The molecular weight excluding hydrogens is 240 g/mol. The van der Waals surface area contributed by atoms with Gasteiger partial charge >= 0.3 is 0 Å². The van der Waals surface area contributed by atoms with Gasteiger partial charge in [-0.05, 0) is 45.2 Å². The fourth-order valence-corrected chi connectivity index (χ4v) is 2.18. The molecule has 0 heteroatoms. The van der Waals surface area contributed by atoms with Crippen LogP contribution in [0, 0.1) is 6.07 Å². The molecule has 0 heterocycles. The van der Waals surface area contributed by atoms with Gasteiger partial charge in [0.25, 0.3) is 0 Å². The first-order chi connectivity index (χ1) is 9.18. The Morgan fingerprint density at radius 1 is 0.750 bits per heavy atom. The van der Waals surface area contributed by atoms with E-state index in [9.17, 15) is 0 Å². The third-order valence-corrected chi connectivity index (χ3v) is 3.63. The molecule has 0 aromatic heterocycles. The molecule has 105 valence electrons. The summed E-state index contributed by atoms with van der Waals surface area (Å²) in [5.41, 5.74) is 5.36. The van der Waals surface area contributed by atoms with Crippen molar-refractivity contribution in [3.05, 3.63) is 59.7 Å². The van der Waals surface area contributed by atoms with Crippen LogP contribution in [0.3, 0.4) is 0 Å². The first kappa shape index (κ1) is 14.8. The van der Waals surface area contributed by atoms with Crippen LogP contribution in [0.25, 0.3) is 11.1 Å². The van der Waals surface area contributed by atoms with E-state index < -0.39 is 0 Å². The Labute approximate surface area is 123 Å². The second-order valence-corrected chi connectivity index (χ2v) is 7.56. The van der Waals surface area contributed by atoms with Crippen molar-refractivity contribution < 1.29 is 0 Å². The van der Waals surface area contributed by atoms with E-state index in [2.05, 4.69) is 90.1 Å². The normalized spacial score (nSPS) is 12.5. The average molecular weight is 265 g/mol. The van der Waals surface area contributed by atoms with Crippen LogP contribution in [0.5, 0.6) is 0 Å². The van der Waals surface area contributed by atoms with Crippen molar-refractivity contribution in [2.75, 3.05) is 0 Å². The van der Waals surface area contributed by atoms with Crippen molar-refractivity contribution in [1.82, 2.24) is 0 Å². The second kappa shape index (κ2) is 5.09. The maximum atomic E-state index is 3.61. The van der Waals surface area contributed by atoms with Crippen LogP contribution in [0.2, 0.25) is 0 Å². The lowest BCUT2D eigenvalue weighted by molar-refractivity contribution is 0.568. The molecule has 0 N–H and O–H groups in total. The molecule has 0 atom stereocenters. The lowest BCUT2D eigenvalue weighted by Crippen LogP contribution is -2.16. The quantitative estimate of drug-likeness (QED) is 0.616. The molecule has 0 aliphatic heterocycles. The first-order valence-corrected chi connectivity index (χ1v) is 7.32. The maximum absolute atomic E-state index is 3.61. The molecule has 20 heavy (non-hydrogen) atoms. The monoisotopic (exact) mass is 265 g/mol. The van der Waals surface area contributed by atoms with Gasteiger partial charge in [0.1, 0.15) is 0 Å². The maximum Gasteiger partial charge on any atom is -0.00585 e. The molecule has 0 aliphatic carbocycles. The number of hydrogen-bond acceptors (Lipinski definition) is 0. The highest BCUT2D eigenvalue weighted by Gasteiger charge is 2.21. The molecule has 0 nitrogen and oxygen atoms in total. The zero-order valence-electron chi connectivity index (χ0n) is 13.5. The summed E-state index contributed by atoms with van der Waals surface area (Å²) in [7, 11) is 0. The van der Waals surface area contributed by atoms with Crippen LogP contribution in [-0.4, -0.2) is 0 Å². The number of benzene rings is 2. The minimum atomic E-state index is 0.116. The summed E-state index contributed by atoms with van der Waals surface area (Å²) >= 11 is 0. The Bertz CT molecular complexity index is 545. The van der Waals surface area contributed by atoms with Gasteiger partial charge in [-0.2, -0.15) is 0 Å². The second-order valence-electron chi connectivity index (χ2n) is 7.56. The standard InChI is InChI=1S/C20H25/c1-19(2,3)17-12-16(15-10-8-7-9-11-15)13-18(14-17)20(4,5)6/h7-12,14H,1-6H3.